The van der Waals surface area contributed by atoms with Crippen LogP contribution in [0.2, 0.25) is 0 Å². The third-order valence-electron chi connectivity index (χ3n) is 6.55. The summed E-state index contributed by atoms with van der Waals surface area (Å²) < 4.78 is 0. The predicted molar refractivity (Wildman–Crippen MR) is 163 cm³/mol. The van der Waals surface area contributed by atoms with Crippen LogP contribution in [0.3, 0.4) is 0 Å². The van der Waals surface area contributed by atoms with Gasteiger partial charge in [-0.2, -0.15) is 0 Å². The normalized spacial score (nSPS) is 10.9. The van der Waals surface area contributed by atoms with E-state index < -0.39 is 0 Å². The van der Waals surface area contributed by atoms with Crippen molar-refractivity contribution >= 4 is 13.6 Å². The first kappa shape index (κ1) is 34.4. The Bertz CT molecular complexity index is 477. The lowest BCUT2D eigenvalue weighted by atomic mass is 10.1. The molecule has 1 N–H and O–H groups in total. The Hall–Kier alpha value is -0.590. The summed E-state index contributed by atoms with van der Waals surface area (Å²) in [7, 11) is 0.422. The van der Waals surface area contributed by atoms with Gasteiger partial charge in [0, 0.05) is 0 Å². The van der Waals surface area contributed by atoms with E-state index in [2.05, 4.69) is 33.2 Å². The number of para-hydroxylation sites is 1. The molecular weight excluding hydrogens is 445 g/mol. The summed E-state index contributed by atoms with van der Waals surface area (Å²) in [4.78, 5) is 5.46. The number of nitrogens with one attached hydrogen (secondary N) is 1. The van der Waals surface area contributed by atoms with Crippen molar-refractivity contribution in [2.45, 2.75) is 143 Å². The van der Waals surface area contributed by atoms with E-state index in [1.807, 2.05) is 30.3 Å². The lowest BCUT2D eigenvalue weighted by molar-refractivity contribution is 0.187. The summed E-state index contributed by atoms with van der Waals surface area (Å²) in [5.74, 6) is 0. The SMILES string of the molecule is CCCCCCCCCCCCCCONc1ccccc1.CCCCP(CCCC)CCCC. The highest BCUT2D eigenvalue weighted by molar-refractivity contribution is 7.57. The van der Waals surface area contributed by atoms with Gasteiger partial charge in [-0.05, 0) is 56.3 Å². The molecule has 0 heterocycles. The molecule has 0 radical (unpaired) electrons. The maximum atomic E-state index is 5.46. The Kier molecular flexibility index (Phi) is 29.1. The van der Waals surface area contributed by atoms with Crippen molar-refractivity contribution in [3.8, 4) is 0 Å². The van der Waals surface area contributed by atoms with Crippen molar-refractivity contribution in [2.75, 3.05) is 30.6 Å². The molecule has 3 heteroatoms. The van der Waals surface area contributed by atoms with Crippen molar-refractivity contribution in [3.05, 3.63) is 30.3 Å². The van der Waals surface area contributed by atoms with Crippen LogP contribution in [0.4, 0.5) is 5.69 Å². The Morgan fingerprint density at radius 2 is 0.914 bits per heavy atom. The molecule has 206 valence electrons. The van der Waals surface area contributed by atoms with Gasteiger partial charge in [-0.25, -0.2) is 0 Å². The lowest BCUT2D eigenvalue weighted by Gasteiger charge is -2.16. The van der Waals surface area contributed by atoms with Crippen LogP contribution in [-0.2, 0) is 4.84 Å². The second-order valence-electron chi connectivity index (χ2n) is 10.1. The van der Waals surface area contributed by atoms with E-state index in [9.17, 15) is 0 Å². The fourth-order valence-corrected chi connectivity index (χ4v) is 7.10. The molecule has 0 saturated heterocycles. The molecule has 0 unspecified atom stereocenters. The maximum Gasteiger partial charge on any atom is 0.0746 e. The van der Waals surface area contributed by atoms with Gasteiger partial charge in [-0.1, -0.05) is 136 Å². The fourth-order valence-electron chi connectivity index (χ4n) is 4.14. The predicted octanol–water partition coefficient (Wildman–Crippen LogP) is 11.6. The molecule has 0 aliphatic rings. The van der Waals surface area contributed by atoms with Crippen LogP contribution in [0.15, 0.2) is 30.3 Å². The Labute approximate surface area is 222 Å². The van der Waals surface area contributed by atoms with Crippen LogP contribution in [0.1, 0.15) is 143 Å². The topological polar surface area (TPSA) is 21.3 Å². The molecule has 35 heavy (non-hydrogen) atoms. The molecule has 1 rings (SSSR count). The van der Waals surface area contributed by atoms with Crippen LogP contribution in [0, 0.1) is 0 Å². The van der Waals surface area contributed by atoms with Crippen molar-refractivity contribution in [1.82, 2.24) is 0 Å². The molecule has 0 atom stereocenters. The Morgan fingerprint density at radius 1 is 0.514 bits per heavy atom. The zero-order valence-corrected chi connectivity index (χ0v) is 25.2. The largest absolute Gasteiger partial charge is 0.276 e. The van der Waals surface area contributed by atoms with E-state index in [0.29, 0.717) is 7.92 Å². The van der Waals surface area contributed by atoms with Crippen LogP contribution >= 0.6 is 7.92 Å². The lowest BCUT2D eigenvalue weighted by Crippen LogP contribution is -2.02. The number of hydrogen-bond acceptors (Lipinski definition) is 2. The van der Waals surface area contributed by atoms with Crippen molar-refractivity contribution in [1.29, 1.82) is 0 Å². The Morgan fingerprint density at radius 3 is 1.34 bits per heavy atom. The molecule has 0 saturated carbocycles. The second-order valence-corrected chi connectivity index (χ2v) is 12.8. The average Bonchev–Trinajstić information content (AvgIpc) is 2.89. The van der Waals surface area contributed by atoms with Crippen LogP contribution in [0.25, 0.3) is 0 Å². The van der Waals surface area contributed by atoms with E-state index in [1.165, 1.54) is 109 Å². The molecule has 0 bridgehead atoms. The first-order valence-electron chi connectivity index (χ1n) is 15.4. The van der Waals surface area contributed by atoms with Gasteiger partial charge in [0.15, 0.2) is 0 Å². The number of benzene rings is 1. The van der Waals surface area contributed by atoms with Crippen molar-refractivity contribution < 1.29 is 4.84 Å². The van der Waals surface area contributed by atoms with Gasteiger partial charge in [-0.15, -0.1) is 7.92 Å². The highest BCUT2D eigenvalue weighted by atomic mass is 31.1. The highest BCUT2D eigenvalue weighted by Crippen LogP contribution is 2.38. The molecule has 1 aromatic rings. The summed E-state index contributed by atoms with van der Waals surface area (Å²) in [6, 6.07) is 10.1. The average molecular weight is 508 g/mol. The monoisotopic (exact) mass is 507 g/mol. The summed E-state index contributed by atoms with van der Waals surface area (Å²) in [5.41, 5.74) is 4.01. The molecule has 2 nitrogen and oxygen atoms in total. The van der Waals surface area contributed by atoms with Gasteiger partial charge in [-0.3, -0.25) is 10.3 Å². The number of hydrogen-bond donors (Lipinski definition) is 1. The van der Waals surface area contributed by atoms with Gasteiger partial charge >= 0.3 is 0 Å². The zero-order chi connectivity index (χ0) is 25.7. The minimum Gasteiger partial charge on any atom is -0.276 e. The van der Waals surface area contributed by atoms with Crippen molar-refractivity contribution in [3.63, 3.8) is 0 Å². The molecule has 0 aromatic heterocycles. The zero-order valence-electron chi connectivity index (χ0n) is 24.3. The molecule has 0 fully saturated rings. The molecule has 0 aliphatic heterocycles. The third kappa shape index (κ3) is 26.3. The summed E-state index contributed by atoms with van der Waals surface area (Å²) in [5, 5.41) is 0. The quantitative estimate of drug-likeness (QED) is 0.0853. The smallest absolute Gasteiger partial charge is 0.0746 e. The van der Waals surface area contributed by atoms with Crippen LogP contribution in [-0.4, -0.2) is 25.1 Å². The summed E-state index contributed by atoms with van der Waals surface area (Å²) in [6.07, 6.45) is 29.8. The van der Waals surface area contributed by atoms with E-state index >= 15 is 0 Å². The summed E-state index contributed by atoms with van der Waals surface area (Å²) in [6.45, 7) is 10.0. The second kappa shape index (κ2) is 29.6. The minimum atomic E-state index is 0.422. The number of rotatable bonds is 24. The van der Waals surface area contributed by atoms with E-state index in [-0.39, 0.29) is 0 Å². The van der Waals surface area contributed by atoms with Gasteiger partial charge < -0.3 is 0 Å². The van der Waals surface area contributed by atoms with Crippen LogP contribution in [0.5, 0.6) is 0 Å². The molecule has 1 aromatic carbocycles. The molecule has 0 aliphatic carbocycles. The van der Waals surface area contributed by atoms with E-state index in [1.54, 1.807) is 18.5 Å². The highest BCUT2D eigenvalue weighted by Gasteiger charge is 2.05. The number of anilines is 1. The molecule has 0 spiro atoms. The van der Waals surface area contributed by atoms with Gasteiger partial charge in [0.25, 0.3) is 0 Å². The van der Waals surface area contributed by atoms with Gasteiger partial charge in [0.05, 0.1) is 12.3 Å². The first-order chi connectivity index (χ1) is 17.3. The van der Waals surface area contributed by atoms with Crippen molar-refractivity contribution in [2.24, 2.45) is 0 Å². The molecule has 0 amide bonds. The first-order valence-corrected chi connectivity index (χ1v) is 17.3. The van der Waals surface area contributed by atoms with Gasteiger partial charge in [0.2, 0.25) is 0 Å². The maximum absolute atomic E-state index is 5.46. The number of unbranched alkanes of at least 4 members (excludes halogenated alkanes) is 14. The van der Waals surface area contributed by atoms with Crippen LogP contribution < -0.4 is 5.48 Å². The fraction of sp³-hybridized carbons (Fsp3) is 0.812. The van der Waals surface area contributed by atoms with E-state index in [4.69, 9.17) is 4.84 Å². The van der Waals surface area contributed by atoms with Gasteiger partial charge in [0.1, 0.15) is 0 Å². The van der Waals surface area contributed by atoms with E-state index in [0.717, 1.165) is 18.7 Å². The minimum absolute atomic E-state index is 0.422. The standard InChI is InChI=1S/C20H35NO.C12H27P/c1-2-3-4-5-6-7-8-9-10-11-12-16-19-22-21-20-17-14-13-15-18-20;1-4-7-10-13(11-8-5-2)12-9-6-3/h13-15,17-18,21H,2-12,16,19H2,1H3;4-12H2,1-3H3. The summed E-state index contributed by atoms with van der Waals surface area (Å²) >= 11 is 0. The Balaban J connectivity index is 0.000000761. The third-order valence-corrected chi connectivity index (χ3v) is 9.39. The molecular formula is C32H62NOP.